The molecule has 1 atom stereocenters. The van der Waals surface area contributed by atoms with Gasteiger partial charge in [-0.05, 0) is 48.0 Å². The topological polar surface area (TPSA) is 91.7 Å². The average molecular weight is 423 g/mol. The zero-order valence-electron chi connectivity index (χ0n) is 16.6. The standard InChI is InChI=1S/C22H21N3O4S/c1-28-18-9-16(10-19(11-18)29-2)5-8-21(26)25-14-30-13-20(25)22(27)24-17-6-3-15(12-23)4-7-17/h3-11,20H,13-14H2,1-2H3,(H,24,27)/b8-5+. The Morgan fingerprint density at radius 2 is 1.83 bits per heavy atom. The first-order chi connectivity index (χ1) is 14.5. The molecule has 8 heteroatoms. The smallest absolute Gasteiger partial charge is 0.248 e. The number of carbonyl (C=O) groups excluding carboxylic acids is 2. The molecule has 7 nitrogen and oxygen atoms in total. The van der Waals surface area contributed by atoms with Gasteiger partial charge in [-0.25, -0.2) is 0 Å². The summed E-state index contributed by atoms with van der Waals surface area (Å²) in [5.41, 5.74) is 1.85. The molecule has 30 heavy (non-hydrogen) atoms. The Bertz CT molecular complexity index is 976. The van der Waals surface area contributed by atoms with Gasteiger partial charge in [0.1, 0.15) is 17.5 Å². The van der Waals surface area contributed by atoms with E-state index in [-0.39, 0.29) is 11.8 Å². The molecule has 2 aromatic rings. The maximum absolute atomic E-state index is 12.7. The Hall–Kier alpha value is -3.44. The van der Waals surface area contributed by atoms with Crippen LogP contribution in [0.3, 0.4) is 0 Å². The second-order valence-electron chi connectivity index (χ2n) is 6.48. The molecular formula is C22H21N3O4S. The highest BCUT2D eigenvalue weighted by Gasteiger charge is 2.33. The van der Waals surface area contributed by atoms with Gasteiger partial charge in [-0.3, -0.25) is 9.59 Å². The summed E-state index contributed by atoms with van der Waals surface area (Å²) >= 11 is 1.52. The number of amides is 2. The number of anilines is 1. The molecule has 0 aliphatic carbocycles. The minimum Gasteiger partial charge on any atom is -0.497 e. The van der Waals surface area contributed by atoms with E-state index in [0.717, 1.165) is 5.56 Å². The molecule has 2 aromatic carbocycles. The Kier molecular flexibility index (Phi) is 6.99. The summed E-state index contributed by atoms with van der Waals surface area (Å²) < 4.78 is 10.5. The van der Waals surface area contributed by atoms with E-state index in [1.165, 1.54) is 22.7 Å². The van der Waals surface area contributed by atoms with Gasteiger partial charge in [0.2, 0.25) is 11.8 Å². The third-order valence-electron chi connectivity index (χ3n) is 4.54. The lowest BCUT2D eigenvalue weighted by Gasteiger charge is -2.21. The van der Waals surface area contributed by atoms with Gasteiger partial charge >= 0.3 is 0 Å². The number of nitrogens with one attached hydrogen (secondary N) is 1. The van der Waals surface area contributed by atoms with Gasteiger partial charge in [0.15, 0.2) is 0 Å². The summed E-state index contributed by atoms with van der Waals surface area (Å²) in [6.07, 6.45) is 3.12. The Morgan fingerprint density at radius 3 is 2.43 bits per heavy atom. The van der Waals surface area contributed by atoms with Gasteiger partial charge in [-0.15, -0.1) is 11.8 Å². The monoisotopic (exact) mass is 423 g/mol. The van der Waals surface area contributed by atoms with Crippen molar-refractivity contribution in [3.05, 3.63) is 59.7 Å². The molecule has 1 saturated heterocycles. The van der Waals surface area contributed by atoms with Crippen molar-refractivity contribution in [1.29, 1.82) is 5.26 Å². The fraction of sp³-hybridized carbons (Fsp3) is 0.227. The molecule has 154 valence electrons. The second kappa shape index (κ2) is 9.85. The molecule has 1 unspecified atom stereocenters. The van der Waals surface area contributed by atoms with Crippen molar-refractivity contribution >= 4 is 35.3 Å². The van der Waals surface area contributed by atoms with E-state index in [9.17, 15) is 9.59 Å². The van der Waals surface area contributed by atoms with Crippen molar-refractivity contribution in [2.45, 2.75) is 6.04 Å². The first-order valence-electron chi connectivity index (χ1n) is 9.14. The van der Waals surface area contributed by atoms with Crippen molar-refractivity contribution in [1.82, 2.24) is 4.90 Å². The Labute approximate surface area is 179 Å². The number of rotatable bonds is 6. The second-order valence-corrected chi connectivity index (χ2v) is 7.48. The lowest BCUT2D eigenvalue weighted by atomic mass is 10.1. The molecular weight excluding hydrogens is 402 g/mol. The third kappa shape index (κ3) is 5.13. The van der Waals surface area contributed by atoms with Crippen LogP contribution in [0.5, 0.6) is 11.5 Å². The van der Waals surface area contributed by atoms with Crippen LogP contribution in [0.15, 0.2) is 48.5 Å². The van der Waals surface area contributed by atoms with E-state index in [0.29, 0.717) is 34.4 Å². The summed E-state index contributed by atoms with van der Waals surface area (Å²) in [6.45, 7) is 0. The maximum Gasteiger partial charge on any atom is 0.248 e. The van der Waals surface area contributed by atoms with Gasteiger partial charge in [-0.1, -0.05) is 0 Å². The fourth-order valence-electron chi connectivity index (χ4n) is 2.92. The van der Waals surface area contributed by atoms with Crippen LogP contribution >= 0.6 is 11.8 Å². The van der Waals surface area contributed by atoms with Gasteiger partial charge < -0.3 is 19.7 Å². The highest BCUT2D eigenvalue weighted by atomic mass is 32.2. The van der Waals surface area contributed by atoms with Crippen LogP contribution in [0.2, 0.25) is 0 Å². The normalized spacial score (nSPS) is 15.6. The Morgan fingerprint density at radius 1 is 1.17 bits per heavy atom. The number of hydrogen-bond donors (Lipinski definition) is 1. The predicted molar refractivity (Wildman–Crippen MR) is 116 cm³/mol. The summed E-state index contributed by atoms with van der Waals surface area (Å²) in [7, 11) is 3.12. The van der Waals surface area contributed by atoms with Crippen LogP contribution in [-0.4, -0.2) is 48.6 Å². The van der Waals surface area contributed by atoms with Crippen LogP contribution in [0.1, 0.15) is 11.1 Å². The summed E-state index contributed by atoms with van der Waals surface area (Å²) in [6, 6.07) is 13.4. The van der Waals surface area contributed by atoms with Gasteiger partial charge in [0.25, 0.3) is 0 Å². The zero-order valence-corrected chi connectivity index (χ0v) is 17.4. The van der Waals surface area contributed by atoms with E-state index in [1.807, 2.05) is 6.07 Å². The SMILES string of the molecule is COc1cc(/C=C/C(=O)N2CSCC2C(=O)Nc2ccc(C#N)cc2)cc(OC)c1. The number of nitrogens with zero attached hydrogens (tertiary/aromatic N) is 2. The summed E-state index contributed by atoms with van der Waals surface area (Å²) in [5.74, 6) is 1.71. The van der Waals surface area contributed by atoms with E-state index >= 15 is 0 Å². The molecule has 0 bridgehead atoms. The van der Waals surface area contributed by atoms with Crippen molar-refractivity contribution < 1.29 is 19.1 Å². The van der Waals surface area contributed by atoms with E-state index in [4.69, 9.17) is 14.7 Å². The molecule has 0 radical (unpaired) electrons. The van der Waals surface area contributed by atoms with Crippen molar-refractivity contribution in [2.75, 3.05) is 31.2 Å². The highest BCUT2D eigenvalue weighted by molar-refractivity contribution is 7.99. The van der Waals surface area contributed by atoms with Crippen LogP contribution in [-0.2, 0) is 9.59 Å². The quantitative estimate of drug-likeness (QED) is 0.718. The molecule has 3 rings (SSSR count). The predicted octanol–water partition coefficient (Wildman–Crippen LogP) is 3.13. The molecule has 0 spiro atoms. The number of carbonyl (C=O) groups is 2. The minimum atomic E-state index is -0.567. The lowest BCUT2D eigenvalue weighted by molar-refractivity contribution is -0.132. The average Bonchev–Trinajstić information content (AvgIpc) is 3.28. The van der Waals surface area contributed by atoms with Crippen molar-refractivity contribution in [3.8, 4) is 17.6 Å². The van der Waals surface area contributed by atoms with Crippen LogP contribution in [0, 0.1) is 11.3 Å². The van der Waals surface area contributed by atoms with E-state index in [2.05, 4.69) is 5.32 Å². The van der Waals surface area contributed by atoms with Crippen LogP contribution in [0.4, 0.5) is 5.69 Å². The van der Waals surface area contributed by atoms with Crippen LogP contribution in [0.25, 0.3) is 6.08 Å². The number of thioether (sulfide) groups is 1. The molecule has 1 aliphatic rings. The van der Waals surface area contributed by atoms with E-state index < -0.39 is 6.04 Å². The molecule has 1 aliphatic heterocycles. The number of ether oxygens (including phenoxy) is 2. The van der Waals surface area contributed by atoms with E-state index in [1.54, 1.807) is 62.8 Å². The fourth-order valence-corrected chi connectivity index (χ4v) is 4.08. The zero-order chi connectivity index (χ0) is 21.5. The highest BCUT2D eigenvalue weighted by Crippen LogP contribution is 2.25. The van der Waals surface area contributed by atoms with Crippen LogP contribution < -0.4 is 14.8 Å². The molecule has 0 saturated carbocycles. The number of benzene rings is 2. The summed E-state index contributed by atoms with van der Waals surface area (Å²) in [4.78, 5) is 26.9. The number of methoxy groups -OCH3 is 2. The number of nitriles is 1. The van der Waals surface area contributed by atoms with Crippen molar-refractivity contribution in [2.24, 2.45) is 0 Å². The molecule has 1 fully saturated rings. The molecule has 1 heterocycles. The first-order valence-corrected chi connectivity index (χ1v) is 10.3. The largest absolute Gasteiger partial charge is 0.497 e. The van der Waals surface area contributed by atoms with Gasteiger partial charge in [0.05, 0.1) is 31.7 Å². The maximum atomic E-state index is 12.7. The molecule has 1 N–H and O–H groups in total. The first kappa shape index (κ1) is 21.3. The van der Waals surface area contributed by atoms with Crippen molar-refractivity contribution in [3.63, 3.8) is 0 Å². The summed E-state index contributed by atoms with van der Waals surface area (Å²) in [5, 5.41) is 11.7. The lowest BCUT2D eigenvalue weighted by Crippen LogP contribution is -2.43. The van der Waals surface area contributed by atoms with Gasteiger partial charge in [-0.2, -0.15) is 5.26 Å². The van der Waals surface area contributed by atoms with Gasteiger partial charge in [0, 0.05) is 23.6 Å². The molecule has 2 amide bonds. The third-order valence-corrected chi connectivity index (χ3v) is 5.55. The Balaban J connectivity index is 1.68. The number of hydrogen-bond acceptors (Lipinski definition) is 6. The minimum absolute atomic E-state index is 0.248. The molecule has 0 aromatic heterocycles.